The van der Waals surface area contributed by atoms with Crippen molar-refractivity contribution in [3.05, 3.63) is 12.7 Å². The smallest absolute Gasteiger partial charge is 0.0638 e. The average molecular weight is 193 g/mol. The van der Waals surface area contributed by atoms with Crippen LogP contribution in [0.4, 0.5) is 0 Å². The maximum atomic E-state index is 8.66. The maximum Gasteiger partial charge on any atom is 0.0638 e. The van der Waals surface area contributed by atoms with Gasteiger partial charge >= 0.3 is 0 Å². The lowest BCUT2D eigenvalue weighted by atomic mass is 10.2. The Morgan fingerprint density at radius 2 is 2.50 bits per heavy atom. The Bertz CT molecular complexity index is 219. The highest BCUT2D eigenvalue weighted by Gasteiger charge is 2.21. The van der Waals surface area contributed by atoms with E-state index in [9.17, 15) is 0 Å². The molecule has 3 heteroatoms. The van der Waals surface area contributed by atoms with E-state index in [0.717, 1.165) is 26.1 Å². The van der Waals surface area contributed by atoms with Gasteiger partial charge in [-0.25, -0.2) is 0 Å². The molecule has 0 radical (unpaired) electrons. The summed E-state index contributed by atoms with van der Waals surface area (Å²) in [6.07, 6.45) is 3.68. The first-order valence-corrected chi connectivity index (χ1v) is 5.23. The molecule has 0 bridgehead atoms. The first-order chi connectivity index (χ1) is 6.77. The minimum Gasteiger partial charge on any atom is -0.312 e. The molecule has 1 aliphatic heterocycles. The summed E-state index contributed by atoms with van der Waals surface area (Å²) in [5.74, 6) is 0. The van der Waals surface area contributed by atoms with Gasteiger partial charge in [-0.05, 0) is 19.9 Å². The molecule has 1 rings (SSSR count). The highest BCUT2D eigenvalue weighted by Crippen LogP contribution is 2.10. The van der Waals surface area contributed by atoms with Crippen LogP contribution in [-0.2, 0) is 0 Å². The molecule has 0 aliphatic carbocycles. The third kappa shape index (κ3) is 3.13. The van der Waals surface area contributed by atoms with Gasteiger partial charge in [-0.1, -0.05) is 6.08 Å². The zero-order chi connectivity index (χ0) is 10.4. The van der Waals surface area contributed by atoms with Gasteiger partial charge in [0.2, 0.25) is 0 Å². The predicted octanol–water partition coefficient (Wildman–Crippen LogP) is 1.14. The molecular formula is C11H19N3. The lowest BCUT2D eigenvalue weighted by molar-refractivity contribution is 0.227. The van der Waals surface area contributed by atoms with E-state index in [4.69, 9.17) is 5.26 Å². The molecule has 2 unspecified atom stereocenters. The monoisotopic (exact) mass is 193 g/mol. The third-order valence-corrected chi connectivity index (χ3v) is 2.77. The molecule has 14 heavy (non-hydrogen) atoms. The van der Waals surface area contributed by atoms with Crippen LogP contribution in [0.15, 0.2) is 12.7 Å². The van der Waals surface area contributed by atoms with Gasteiger partial charge in [0.05, 0.1) is 12.5 Å². The zero-order valence-corrected chi connectivity index (χ0v) is 8.87. The molecule has 1 N–H and O–H groups in total. The first-order valence-electron chi connectivity index (χ1n) is 5.23. The maximum absolute atomic E-state index is 8.66. The van der Waals surface area contributed by atoms with Gasteiger partial charge in [0, 0.05) is 25.2 Å². The number of hydrogen-bond acceptors (Lipinski definition) is 3. The van der Waals surface area contributed by atoms with Crippen LogP contribution in [0, 0.1) is 11.3 Å². The van der Waals surface area contributed by atoms with Crippen LogP contribution in [0.3, 0.4) is 0 Å². The molecule has 0 amide bonds. The summed E-state index contributed by atoms with van der Waals surface area (Å²) in [7, 11) is 0. The van der Waals surface area contributed by atoms with Gasteiger partial charge in [0.25, 0.3) is 0 Å². The Labute approximate surface area is 86.4 Å². The highest BCUT2D eigenvalue weighted by molar-refractivity contribution is 4.89. The number of hydrogen-bond donors (Lipinski definition) is 1. The van der Waals surface area contributed by atoms with E-state index in [2.05, 4.69) is 29.8 Å². The van der Waals surface area contributed by atoms with Crippen LogP contribution in [0.25, 0.3) is 0 Å². The van der Waals surface area contributed by atoms with Gasteiger partial charge in [-0.3, -0.25) is 4.90 Å². The molecule has 0 aromatic heterocycles. The van der Waals surface area contributed by atoms with Crippen molar-refractivity contribution in [3.63, 3.8) is 0 Å². The molecule has 78 valence electrons. The molecule has 0 aromatic rings. The van der Waals surface area contributed by atoms with Gasteiger partial charge in [-0.2, -0.15) is 5.26 Å². The predicted molar refractivity (Wildman–Crippen MR) is 57.9 cm³/mol. The first kappa shape index (κ1) is 11.2. The van der Waals surface area contributed by atoms with E-state index in [1.165, 1.54) is 0 Å². The molecule has 0 spiro atoms. The van der Waals surface area contributed by atoms with E-state index >= 15 is 0 Å². The molecule has 1 aliphatic rings. The Balaban J connectivity index is 2.53. The fourth-order valence-corrected chi connectivity index (χ4v) is 1.87. The lowest BCUT2D eigenvalue weighted by Gasteiger charge is -2.26. The number of nitrogens with one attached hydrogen (secondary N) is 1. The van der Waals surface area contributed by atoms with Crippen LogP contribution < -0.4 is 5.32 Å². The minimum absolute atomic E-state index is 0.324. The number of nitriles is 1. The summed E-state index contributed by atoms with van der Waals surface area (Å²) in [6.45, 7) is 8.90. The quantitative estimate of drug-likeness (QED) is 0.683. The highest BCUT2D eigenvalue weighted by atomic mass is 15.2. The van der Waals surface area contributed by atoms with E-state index < -0.39 is 0 Å². The Hall–Kier alpha value is -0.850. The van der Waals surface area contributed by atoms with Crippen LogP contribution in [-0.4, -0.2) is 36.6 Å². The van der Waals surface area contributed by atoms with E-state index in [1.54, 1.807) is 0 Å². The van der Waals surface area contributed by atoms with Gasteiger partial charge < -0.3 is 5.32 Å². The van der Waals surface area contributed by atoms with Gasteiger partial charge in [0.15, 0.2) is 0 Å². The molecule has 1 heterocycles. The summed E-state index contributed by atoms with van der Waals surface area (Å²) in [4.78, 5) is 2.38. The molecule has 0 saturated carbocycles. The van der Waals surface area contributed by atoms with Gasteiger partial charge in [-0.15, -0.1) is 6.58 Å². The fourth-order valence-electron chi connectivity index (χ4n) is 1.87. The summed E-state index contributed by atoms with van der Waals surface area (Å²) in [6, 6.07) is 3.14. The minimum atomic E-state index is 0.324. The SMILES string of the molecule is C=CCN1CC(CC#N)NCCC1C. The molecule has 1 saturated heterocycles. The zero-order valence-electron chi connectivity index (χ0n) is 8.87. The van der Waals surface area contributed by atoms with Crippen molar-refractivity contribution >= 4 is 0 Å². The van der Waals surface area contributed by atoms with E-state index in [-0.39, 0.29) is 0 Å². The van der Waals surface area contributed by atoms with Crippen molar-refractivity contribution in [1.29, 1.82) is 5.26 Å². The van der Waals surface area contributed by atoms with Gasteiger partial charge in [0.1, 0.15) is 0 Å². The topological polar surface area (TPSA) is 39.1 Å². The van der Waals surface area contributed by atoms with Crippen molar-refractivity contribution in [2.45, 2.75) is 31.8 Å². The molecule has 0 aromatic carbocycles. The fraction of sp³-hybridized carbons (Fsp3) is 0.727. The normalized spacial score (nSPS) is 29.1. The summed E-state index contributed by atoms with van der Waals surface area (Å²) >= 11 is 0. The molecule has 2 atom stereocenters. The number of rotatable bonds is 3. The standard InChI is InChI=1S/C11H19N3/c1-3-8-14-9-11(4-6-12)13-7-5-10(14)2/h3,10-11,13H,1,4-5,7-9H2,2H3. The largest absolute Gasteiger partial charge is 0.312 e. The van der Waals surface area contributed by atoms with Crippen molar-refractivity contribution in [2.24, 2.45) is 0 Å². The second-order valence-corrected chi connectivity index (χ2v) is 3.89. The van der Waals surface area contributed by atoms with Crippen LogP contribution in [0.5, 0.6) is 0 Å². The lowest BCUT2D eigenvalue weighted by Crippen LogP contribution is -2.39. The van der Waals surface area contributed by atoms with Crippen LogP contribution in [0.2, 0.25) is 0 Å². The molecule has 3 nitrogen and oxygen atoms in total. The van der Waals surface area contributed by atoms with Crippen LogP contribution in [0.1, 0.15) is 19.8 Å². The number of nitrogens with zero attached hydrogens (tertiary/aromatic N) is 2. The molecular weight excluding hydrogens is 174 g/mol. The Morgan fingerprint density at radius 3 is 3.14 bits per heavy atom. The van der Waals surface area contributed by atoms with Crippen molar-refractivity contribution in [3.8, 4) is 6.07 Å². The van der Waals surface area contributed by atoms with Crippen molar-refractivity contribution in [2.75, 3.05) is 19.6 Å². The molecule has 1 fully saturated rings. The van der Waals surface area contributed by atoms with E-state index in [0.29, 0.717) is 18.5 Å². The average Bonchev–Trinajstić information content (AvgIpc) is 2.31. The second-order valence-electron chi connectivity index (χ2n) is 3.89. The van der Waals surface area contributed by atoms with Crippen LogP contribution >= 0.6 is 0 Å². The second kappa shape index (κ2) is 5.79. The Kier molecular flexibility index (Phi) is 4.64. The Morgan fingerprint density at radius 1 is 1.71 bits per heavy atom. The third-order valence-electron chi connectivity index (χ3n) is 2.77. The van der Waals surface area contributed by atoms with Crippen molar-refractivity contribution in [1.82, 2.24) is 10.2 Å². The van der Waals surface area contributed by atoms with Crippen molar-refractivity contribution < 1.29 is 0 Å². The summed E-state index contributed by atoms with van der Waals surface area (Å²) in [5.41, 5.74) is 0. The summed E-state index contributed by atoms with van der Waals surface area (Å²) < 4.78 is 0. The van der Waals surface area contributed by atoms with E-state index in [1.807, 2.05) is 6.08 Å². The summed E-state index contributed by atoms with van der Waals surface area (Å²) in [5, 5.41) is 12.1.